The summed E-state index contributed by atoms with van der Waals surface area (Å²) < 4.78 is 4.99. The lowest BCUT2D eigenvalue weighted by Crippen LogP contribution is -2.32. The Bertz CT molecular complexity index is 174. The summed E-state index contributed by atoms with van der Waals surface area (Å²) in [5, 5.41) is 8.54. The highest BCUT2D eigenvalue weighted by Crippen LogP contribution is 2.05. The van der Waals surface area contributed by atoms with E-state index in [-0.39, 0.29) is 12.6 Å². The molecule has 0 aliphatic heterocycles. The third-order valence-electron chi connectivity index (χ3n) is 2.47. The molecule has 0 amide bonds. The summed E-state index contributed by atoms with van der Waals surface area (Å²) in [6, 6.07) is -0.481. The van der Waals surface area contributed by atoms with E-state index in [1.54, 1.807) is 0 Å². The van der Waals surface area contributed by atoms with Gasteiger partial charge in [0.2, 0.25) is 0 Å². The molecule has 0 heterocycles. The van der Waals surface area contributed by atoms with Crippen LogP contribution >= 0.6 is 0 Å². The summed E-state index contributed by atoms with van der Waals surface area (Å²) in [7, 11) is 0. The molecule has 3 N–H and O–H groups in total. The number of carbonyl (C=O) groups is 1. The average Bonchev–Trinajstić information content (AvgIpc) is 2.29. The van der Waals surface area contributed by atoms with Crippen molar-refractivity contribution in [2.75, 3.05) is 13.2 Å². The van der Waals surface area contributed by atoms with Crippen molar-refractivity contribution in [1.29, 1.82) is 0 Å². The Hall–Kier alpha value is -0.610. The topological polar surface area (TPSA) is 72.6 Å². The highest BCUT2D eigenvalue weighted by Gasteiger charge is 2.13. The van der Waals surface area contributed by atoms with Crippen molar-refractivity contribution in [3.63, 3.8) is 0 Å². The second-order valence-corrected chi connectivity index (χ2v) is 4.05. The lowest BCUT2D eigenvalue weighted by Gasteiger charge is -2.10. The molecule has 0 aliphatic carbocycles. The summed E-state index contributed by atoms with van der Waals surface area (Å²) in [5.41, 5.74) is 5.69. The number of ether oxygens (including phenoxy) is 1. The number of esters is 1. The van der Waals surface area contributed by atoms with E-state index < -0.39 is 6.04 Å². The van der Waals surface area contributed by atoms with E-state index >= 15 is 0 Å². The van der Waals surface area contributed by atoms with Gasteiger partial charge in [-0.15, -0.1) is 0 Å². The van der Waals surface area contributed by atoms with Crippen LogP contribution in [-0.2, 0) is 9.53 Å². The Balaban J connectivity index is 3.42. The quantitative estimate of drug-likeness (QED) is 0.442. The van der Waals surface area contributed by atoms with Gasteiger partial charge in [-0.25, -0.2) is 0 Å². The first kappa shape index (κ1) is 15.4. The number of rotatable bonds is 10. The molecule has 0 aliphatic rings. The maximum atomic E-state index is 11.4. The normalized spacial score (nSPS) is 12.4. The van der Waals surface area contributed by atoms with Crippen molar-refractivity contribution in [3.05, 3.63) is 0 Å². The van der Waals surface area contributed by atoms with Crippen molar-refractivity contribution in [2.45, 2.75) is 57.9 Å². The van der Waals surface area contributed by atoms with E-state index in [1.807, 2.05) is 0 Å². The number of carbonyl (C=O) groups excluding carboxylic acids is 1. The fourth-order valence-corrected chi connectivity index (χ4v) is 1.40. The molecule has 4 nitrogen and oxygen atoms in total. The van der Waals surface area contributed by atoms with E-state index in [0.29, 0.717) is 25.9 Å². The highest BCUT2D eigenvalue weighted by molar-refractivity contribution is 5.75. The molecule has 0 saturated heterocycles. The molecule has 0 aromatic rings. The summed E-state index contributed by atoms with van der Waals surface area (Å²) >= 11 is 0. The van der Waals surface area contributed by atoms with Crippen molar-refractivity contribution < 1.29 is 14.6 Å². The number of unbranched alkanes of at least 4 members (excludes halogenated alkanes) is 4. The summed E-state index contributed by atoms with van der Waals surface area (Å²) in [5.74, 6) is -0.311. The van der Waals surface area contributed by atoms with Crippen molar-refractivity contribution in [3.8, 4) is 0 Å². The molecule has 96 valence electrons. The Morgan fingerprint density at radius 1 is 1.25 bits per heavy atom. The minimum Gasteiger partial charge on any atom is -0.465 e. The van der Waals surface area contributed by atoms with E-state index in [4.69, 9.17) is 15.6 Å². The van der Waals surface area contributed by atoms with Gasteiger partial charge in [0.15, 0.2) is 0 Å². The standard InChI is InChI=1S/C12H25NO3/c1-2-3-4-5-8-11(13)12(15)16-10-7-6-9-14/h11,14H,2-10,13H2,1H3. The lowest BCUT2D eigenvalue weighted by atomic mass is 10.1. The predicted molar refractivity (Wildman–Crippen MR) is 64.0 cm³/mol. The van der Waals surface area contributed by atoms with E-state index in [1.165, 1.54) is 12.8 Å². The molecule has 0 aromatic heterocycles. The van der Waals surface area contributed by atoms with Gasteiger partial charge in [-0.2, -0.15) is 0 Å². The van der Waals surface area contributed by atoms with Gasteiger partial charge < -0.3 is 15.6 Å². The summed E-state index contributed by atoms with van der Waals surface area (Å²) in [6.45, 7) is 2.65. The first-order chi connectivity index (χ1) is 7.72. The molecule has 4 heteroatoms. The maximum Gasteiger partial charge on any atom is 0.322 e. The molecule has 0 fully saturated rings. The van der Waals surface area contributed by atoms with E-state index in [0.717, 1.165) is 12.8 Å². The van der Waals surface area contributed by atoms with Gasteiger partial charge in [0.25, 0.3) is 0 Å². The second kappa shape index (κ2) is 10.9. The first-order valence-corrected chi connectivity index (χ1v) is 6.25. The molecule has 16 heavy (non-hydrogen) atoms. The van der Waals surface area contributed by atoms with E-state index in [2.05, 4.69) is 6.92 Å². The molecule has 1 unspecified atom stereocenters. The van der Waals surface area contributed by atoms with Crippen LogP contribution in [0.15, 0.2) is 0 Å². The first-order valence-electron chi connectivity index (χ1n) is 6.25. The predicted octanol–water partition coefficient (Wildman–Crippen LogP) is 1.60. The average molecular weight is 231 g/mol. The summed E-state index contributed by atoms with van der Waals surface area (Å²) in [4.78, 5) is 11.4. The molecular weight excluding hydrogens is 206 g/mol. The number of hydrogen-bond donors (Lipinski definition) is 2. The number of hydrogen-bond acceptors (Lipinski definition) is 4. The maximum absolute atomic E-state index is 11.4. The van der Waals surface area contributed by atoms with Crippen LogP contribution in [0.5, 0.6) is 0 Å². The molecule has 0 rings (SSSR count). The van der Waals surface area contributed by atoms with Crippen LogP contribution in [0, 0.1) is 0 Å². The summed E-state index contributed by atoms with van der Waals surface area (Å²) in [6.07, 6.45) is 6.56. The second-order valence-electron chi connectivity index (χ2n) is 4.05. The van der Waals surface area contributed by atoms with Crippen LogP contribution in [0.4, 0.5) is 0 Å². The van der Waals surface area contributed by atoms with Gasteiger partial charge in [-0.05, 0) is 19.3 Å². The van der Waals surface area contributed by atoms with Crippen LogP contribution in [0.2, 0.25) is 0 Å². The molecule has 0 bridgehead atoms. The minimum atomic E-state index is -0.481. The third-order valence-corrected chi connectivity index (χ3v) is 2.47. The van der Waals surface area contributed by atoms with Crippen molar-refractivity contribution in [2.24, 2.45) is 5.73 Å². The number of aliphatic hydroxyl groups is 1. The Kier molecular flexibility index (Phi) is 10.5. The Morgan fingerprint density at radius 2 is 2.00 bits per heavy atom. The highest BCUT2D eigenvalue weighted by atomic mass is 16.5. The molecule has 0 spiro atoms. The smallest absolute Gasteiger partial charge is 0.322 e. The number of nitrogens with two attached hydrogens (primary N) is 1. The molecule has 0 saturated carbocycles. The van der Waals surface area contributed by atoms with E-state index in [9.17, 15) is 4.79 Å². The van der Waals surface area contributed by atoms with Gasteiger partial charge in [0.1, 0.15) is 6.04 Å². The van der Waals surface area contributed by atoms with Gasteiger partial charge >= 0.3 is 5.97 Å². The van der Waals surface area contributed by atoms with Crippen LogP contribution in [0.25, 0.3) is 0 Å². The van der Waals surface area contributed by atoms with Crippen LogP contribution in [0.3, 0.4) is 0 Å². The molecule has 0 aromatic carbocycles. The SMILES string of the molecule is CCCCCCC(N)C(=O)OCCCCO. The van der Waals surface area contributed by atoms with Gasteiger partial charge in [-0.1, -0.05) is 32.6 Å². The molecular formula is C12H25NO3. The van der Waals surface area contributed by atoms with Crippen LogP contribution in [-0.4, -0.2) is 30.3 Å². The monoisotopic (exact) mass is 231 g/mol. The molecule has 1 atom stereocenters. The zero-order valence-corrected chi connectivity index (χ0v) is 10.3. The Labute approximate surface area is 98.2 Å². The lowest BCUT2D eigenvalue weighted by molar-refractivity contribution is -0.145. The number of aliphatic hydroxyl groups excluding tert-OH is 1. The largest absolute Gasteiger partial charge is 0.465 e. The van der Waals surface area contributed by atoms with Crippen molar-refractivity contribution in [1.82, 2.24) is 0 Å². The fourth-order valence-electron chi connectivity index (χ4n) is 1.40. The minimum absolute atomic E-state index is 0.140. The zero-order valence-electron chi connectivity index (χ0n) is 10.3. The third kappa shape index (κ3) is 8.68. The van der Waals surface area contributed by atoms with Crippen molar-refractivity contribution >= 4 is 5.97 Å². The Morgan fingerprint density at radius 3 is 2.62 bits per heavy atom. The zero-order chi connectivity index (χ0) is 12.2. The van der Waals surface area contributed by atoms with Crippen LogP contribution < -0.4 is 5.73 Å². The van der Waals surface area contributed by atoms with Crippen LogP contribution in [0.1, 0.15) is 51.9 Å². The van der Waals surface area contributed by atoms with Gasteiger partial charge in [-0.3, -0.25) is 4.79 Å². The molecule has 0 radical (unpaired) electrons. The fraction of sp³-hybridized carbons (Fsp3) is 0.917. The van der Waals surface area contributed by atoms with Gasteiger partial charge in [0.05, 0.1) is 6.61 Å². The van der Waals surface area contributed by atoms with Gasteiger partial charge in [0, 0.05) is 6.61 Å².